The molecule has 0 aliphatic rings. The van der Waals surface area contributed by atoms with E-state index in [2.05, 4.69) is 19.2 Å². The van der Waals surface area contributed by atoms with E-state index in [0.29, 0.717) is 30.5 Å². The van der Waals surface area contributed by atoms with Gasteiger partial charge in [-0.1, -0.05) is 26.0 Å². The molecule has 0 unspecified atom stereocenters. The zero-order valence-electron chi connectivity index (χ0n) is 13.1. The van der Waals surface area contributed by atoms with Crippen LogP contribution in [0.25, 0.3) is 0 Å². The fraction of sp³-hybridized carbons (Fsp3) is 0.562. The van der Waals surface area contributed by atoms with Crippen LogP contribution in [-0.2, 0) is 26.1 Å². The van der Waals surface area contributed by atoms with Gasteiger partial charge in [-0.3, -0.25) is 9.00 Å². The largest absolute Gasteiger partial charge is 0.384 e. The second kappa shape index (κ2) is 9.68. The van der Waals surface area contributed by atoms with Gasteiger partial charge in [0, 0.05) is 41.5 Å². The fourth-order valence-corrected chi connectivity index (χ4v) is 2.86. The van der Waals surface area contributed by atoms with Gasteiger partial charge in [-0.25, -0.2) is 0 Å². The number of ether oxygens (including phenoxy) is 1. The molecule has 0 spiro atoms. The normalized spacial score (nSPS) is 12.4. The van der Waals surface area contributed by atoms with E-state index in [4.69, 9.17) is 4.74 Å². The van der Waals surface area contributed by atoms with Crippen LogP contribution in [0.1, 0.15) is 32.3 Å². The molecule has 1 aromatic carbocycles. The summed E-state index contributed by atoms with van der Waals surface area (Å²) in [6.07, 6.45) is 1.41. The van der Waals surface area contributed by atoms with E-state index in [9.17, 15) is 9.00 Å². The van der Waals surface area contributed by atoms with Crippen LogP contribution in [0, 0.1) is 5.92 Å². The average molecular weight is 311 g/mol. The minimum Gasteiger partial charge on any atom is -0.384 e. The molecule has 5 heteroatoms. The lowest BCUT2D eigenvalue weighted by Crippen LogP contribution is -2.12. The smallest absolute Gasteiger partial charge is 0.224 e. The Labute approximate surface area is 129 Å². The number of nitrogens with one attached hydrogen (secondary N) is 1. The maximum absolute atomic E-state index is 11.8. The molecule has 0 heterocycles. The molecule has 4 nitrogen and oxygen atoms in total. The number of methoxy groups -OCH3 is 1. The molecule has 1 amide bonds. The standard InChI is InChI=1S/C16H25NO3S/c1-13(2)7-8-16(18)17-15-6-4-5-14(11-15)12-21(19)10-9-20-3/h4-6,11,13H,7-10,12H2,1-3H3,(H,17,18)/t21-/m1/s1. The lowest BCUT2D eigenvalue weighted by molar-refractivity contribution is -0.116. The molecule has 0 saturated carbocycles. The first-order valence-electron chi connectivity index (χ1n) is 7.24. The topological polar surface area (TPSA) is 55.4 Å². The molecule has 0 aliphatic carbocycles. The molecule has 0 fully saturated rings. The van der Waals surface area contributed by atoms with Crippen LogP contribution in [-0.4, -0.2) is 29.6 Å². The van der Waals surface area contributed by atoms with Crippen molar-refractivity contribution in [1.82, 2.24) is 0 Å². The van der Waals surface area contributed by atoms with Gasteiger partial charge >= 0.3 is 0 Å². The average Bonchev–Trinajstić information content (AvgIpc) is 2.43. The lowest BCUT2D eigenvalue weighted by Gasteiger charge is -2.08. The molecule has 0 radical (unpaired) electrons. The van der Waals surface area contributed by atoms with E-state index in [1.807, 2.05) is 24.3 Å². The second-order valence-electron chi connectivity index (χ2n) is 5.46. The molecular weight excluding hydrogens is 286 g/mol. The van der Waals surface area contributed by atoms with Crippen molar-refractivity contribution in [2.75, 3.05) is 24.8 Å². The Hall–Kier alpha value is -1.20. The van der Waals surface area contributed by atoms with E-state index in [-0.39, 0.29) is 5.91 Å². The van der Waals surface area contributed by atoms with E-state index in [0.717, 1.165) is 17.7 Å². The van der Waals surface area contributed by atoms with Crippen LogP contribution in [0.5, 0.6) is 0 Å². The van der Waals surface area contributed by atoms with Crippen molar-refractivity contribution in [1.29, 1.82) is 0 Å². The minimum absolute atomic E-state index is 0.0290. The summed E-state index contributed by atoms with van der Waals surface area (Å²) in [5, 5.41) is 2.89. The molecule has 1 atom stereocenters. The van der Waals surface area contributed by atoms with Gasteiger partial charge in [0.1, 0.15) is 0 Å². The van der Waals surface area contributed by atoms with Crippen molar-refractivity contribution in [2.45, 2.75) is 32.4 Å². The third kappa shape index (κ3) is 7.97. The van der Waals surface area contributed by atoms with E-state index >= 15 is 0 Å². The Balaban J connectivity index is 2.52. The number of hydrogen-bond donors (Lipinski definition) is 1. The summed E-state index contributed by atoms with van der Waals surface area (Å²) in [6, 6.07) is 7.54. The third-order valence-corrected chi connectivity index (χ3v) is 4.28. The number of rotatable bonds is 9. The van der Waals surface area contributed by atoms with Gasteiger partial charge in [0.15, 0.2) is 0 Å². The Kier molecular flexibility index (Phi) is 8.23. The van der Waals surface area contributed by atoms with E-state index in [1.54, 1.807) is 7.11 Å². The predicted molar refractivity (Wildman–Crippen MR) is 87.7 cm³/mol. The van der Waals surface area contributed by atoms with Gasteiger partial charge in [0.05, 0.1) is 6.61 Å². The van der Waals surface area contributed by atoms with Crippen LogP contribution in [0.2, 0.25) is 0 Å². The van der Waals surface area contributed by atoms with Gasteiger partial charge in [0.2, 0.25) is 5.91 Å². The number of amides is 1. The molecule has 1 aromatic rings. The summed E-state index contributed by atoms with van der Waals surface area (Å²) < 4.78 is 16.7. The monoisotopic (exact) mass is 311 g/mol. The first-order chi connectivity index (χ1) is 10.0. The summed E-state index contributed by atoms with van der Waals surface area (Å²) in [5.74, 6) is 1.56. The zero-order chi connectivity index (χ0) is 15.7. The summed E-state index contributed by atoms with van der Waals surface area (Å²) in [5.41, 5.74) is 1.73. The maximum atomic E-state index is 11.8. The first-order valence-corrected chi connectivity index (χ1v) is 8.72. The Morgan fingerprint density at radius 3 is 2.81 bits per heavy atom. The maximum Gasteiger partial charge on any atom is 0.224 e. The van der Waals surface area contributed by atoms with Crippen molar-refractivity contribution in [3.05, 3.63) is 29.8 Å². The van der Waals surface area contributed by atoms with Crippen LogP contribution in [0.15, 0.2) is 24.3 Å². The molecule has 0 saturated heterocycles. The van der Waals surface area contributed by atoms with Gasteiger partial charge in [-0.05, 0) is 30.0 Å². The first kappa shape index (κ1) is 17.9. The van der Waals surface area contributed by atoms with Gasteiger partial charge in [0.25, 0.3) is 0 Å². The summed E-state index contributed by atoms with van der Waals surface area (Å²) >= 11 is 0. The molecule has 118 valence electrons. The Morgan fingerprint density at radius 2 is 2.14 bits per heavy atom. The molecular formula is C16H25NO3S. The predicted octanol–water partition coefficient (Wildman–Crippen LogP) is 2.96. The summed E-state index contributed by atoms with van der Waals surface area (Å²) in [7, 11) is 0.663. The van der Waals surface area contributed by atoms with Gasteiger partial charge in [-0.2, -0.15) is 0 Å². The third-order valence-electron chi connectivity index (χ3n) is 3.00. The van der Waals surface area contributed by atoms with Gasteiger partial charge < -0.3 is 10.1 Å². The van der Waals surface area contributed by atoms with Crippen LogP contribution >= 0.6 is 0 Å². The summed E-state index contributed by atoms with van der Waals surface area (Å²) in [4.78, 5) is 11.8. The highest BCUT2D eigenvalue weighted by molar-refractivity contribution is 7.84. The number of benzene rings is 1. The Bertz CT molecular complexity index is 474. The van der Waals surface area contributed by atoms with Crippen molar-refractivity contribution < 1.29 is 13.7 Å². The fourth-order valence-electron chi connectivity index (χ4n) is 1.82. The summed E-state index contributed by atoms with van der Waals surface area (Å²) in [6.45, 7) is 4.70. The van der Waals surface area contributed by atoms with Crippen LogP contribution in [0.4, 0.5) is 5.69 Å². The number of carbonyl (C=O) groups is 1. The van der Waals surface area contributed by atoms with Crippen molar-refractivity contribution in [3.8, 4) is 0 Å². The number of carbonyl (C=O) groups excluding carboxylic acids is 1. The van der Waals surface area contributed by atoms with Crippen LogP contribution in [0.3, 0.4) is 0 Å². The Morgan fingerprint density at radius 1 is 1.38 bits per heavy atom. The molecule has 0 aliphatic heterocycles. The van der Waals surface area contributed by atoms with Crippen molar-refractivity contribution >= 4 is 22.4 Å². The molecule has 1 rings (SSSR count). The highest BCUT2D eigenvalue weighted by Crippen LogP contribution is 2.14. The van der Waals surface area contributed by atoms with E-state index < -0.39 is 10.8 Å². The SMILES string of the molecule is COCC[S@@](=O)Cc1cccc(NC(=O)CCC(C)C)c1. The molecule has 1 N–H and O–H groups in total. The molecule has 21 heavy (non-hydrogen) atoms. The molecule has 0 bridgehead atoms. The minimum atomic E-state index is -0.939. The number of anilines is 1. The van der Waals surface area contributed by atoms with Crippen molar-refractivity contribution in [2.24, 2.45) is 5.92 Å². The second-order valence-corrected chi connectivity index (χ2v) is 7.04. The van der Waals surface area contributed by atoms with Crippen LogP contribution < -0.4 is 5.32 Å². The lowest BCUT2D eigenvalue weighted by atomic mass is 10.1. The van der Waals surface area contributed by atoms with Crippen molar-refractivity contribution in [3.63, 3.8) is 0 Å². The highest BCUT2D eigenvalue weighted by Gasteiger charge is 2.06. The quantitative estimate of drug-likeness (QED) is 0.763. The zero-order valence-corrected chi connectivity index (χ0v) is 13.9. The van der Waals surface area contributed by atoms with Gasteiger partial charge in [-0.15, -0.1) is 0 Å². The molecule has 0 aromatic heterocycles. The van der Waals surface area contributed by atoms with E-state index in [1.165, 1.54) is 0 Å². The number of hydrogen-bond acceptors (Lipinski definition) is 3. The highest BCUT2D eigenvalue weighted by atomic mass is 32.2.